The van der Waals surface area contributed by atoms with Gasteiger partial charge in [-0.15, -0.1) is 0 Å². The molecule has 1 heterocycles. The van der Waals surface area contributed by atoms with Gasteiger partial charge in [-0.05, 0) is 19.1 Å². The molecule has 5 heteroatoms. The predicted molar refractivity (Wildman–Crippen MR) is 85.0 cm³/mol. The number of ether oxygens (including phenoxy) is 3. The van der Waals surface area contributed by atoms with E-state index in [4.69, 9.17) is 18.7 Å². The Morgan fingerprint density at radius 3 is 2.32 bits per heavy atom. The fraction of sp³-hybridized carbons (Fsp3) is 0.471. The molecule has 2 aromatic rings. The Balaban J connectivity index is 0.00000116. The van der Waals surface area contributed by atoms with Crippen molar-refractivity contribution >= 4 is 0 Å². The van der Waals surface area contributed by atoms with Crippen molar-refractivity contribution in [1.82, 2.24) is 5.16 Å². The zero-order chi connectivity index (χ0) is 16.0. The van der Waals surface area contributed by atoms with Gasteiger partial charge >= 0.3 is 0 Å². The van der Waals surface area contributed by atoms with E-state index in [0.717, 1.165) is 17.2 Å². The molecule has 0 fully saturated rings. The number of benzene rings is 1. The molecule has 5 nitrogen and oxygen atoms in total. The van der Waals surface area contributed by atoms with Crippen LogP contribution < -0.4 is 4.74 Å². The molecule has 0 spiro atoms. The fourth-order valence-electron chi connectivity index (χ4n) is 1.62. The number of nitrogens with zero attached hydrogens (tertiary/aromatic N) is 1. The van der Waals surface area contributed by atoms with E-state index in [2.05, 4.69) is 5.16 Å². The summed E-state index contributed by atoms with van der Waals surface area (Å²) in [6, 6.07) is 11.5. The molecule has 2 rings (SSSR count). The van der Waals surface area contributed by atoms with E-state index in [1.54, 1.807) is 0 Å². The lowest BCUT2D eigenvalue weighted by Gasteiger charge is -2.07. The minimum absolute atomic E-state index is 0.446. The van der Waals surface area contributed by atoms with Gasteiger partial charge in [-0.2, -0.15) is 0 Å². The highest BCUT2D eigenvalue weighted by atomic mass is 16.5. The predicted octanol–water partition coefficient (Wildman–Crippen LogP) is 3.62. The van der Waals surface area contributed by atoms with Crippen LogP contribution in [0.4, 0.5) is 0 Å². The summed E-state index contributed by atoms with van der Waals surface area (Å²) in [6.45, 7) is 8.44. The Morgan fingerprint density at radius 2 is 1.64 bits per heavy atom. The van der Waals surface area contributed by atoms with Gasteiger partial charge in [0.1, 0.15) is 23.8 Å². The van der Waals surface area contributed by atoms with E-state index in [-0.39, 0.29) is 0 Å². The van der Waals surface area contributed by atoms with Crippen molar-refractivity contribution in [2.75, 3.05) is 26.4 Å². The molecule has 0 aliphatic rings. The molecule has 0 saturated heterocycles. The normalized spacial score (nSPS) is 9.95. The summed E-state index contributed by atoms with van der Waals surface area (Å²) < 4.78 is 21.2. The monoisotopic (exact) mass is 307 g/mol. The third-order valence-corrected chi connectivity index (χ3v) is 2.54. The third-order valence-electron chi connectivity index (χ3n) is 2.54. The molecule has 0 aliphatic heterocycles. The van der Waals surface area contributed by atoms with E-state index in [0.29, 0.717) is 33.0 Å². The van der Waals surface area contributed by atoms with Gasteiger partial charge in [0.05, 0.1) is 26.4 Å². The molecular weight excluding hydrogens is 282 g/mol. The first-order valence-electron chi connectivity index (χ1n) is 7.60. The quantitative estimate of drug-likeness (QED) is 0.662. The van der Waals surface area contributed by atoms with Gasteiger partial charge in [-0.25, -0.2) is 0 Å². The Morgan fingerprint density at radius 1 is 0.955 bits per heavy atom. The van der Waals surface area contributed by atoms with E-state index in [1.807, 2.05) is 57.2 Å². The SMILES string of the molecule is CC.Cc1cc(COCCOCCOc2ccccc2)no1. The van der Waals surface area contributed by atoms with Crippen LogP contribution in [0.5, 0.6) is 5.75 Å². The van der Waals surface area contributed by atoms with Crippen LogP contribution in [-0.4, -0.2) is 31.6 Å². The van der Waals surface area contributed by atoms with Crippen LogP contribution in [0.15, 0.2) is 40.9 Å². The van der Waals surface area contributed by atoms with Crippen LogP contribution in [0.25, 0.3) is 0 Å². The van der Waals surface area contributed by atoms with E-state index < -0.39 is 0 Å². The summed E-state index contributed by atoms with van der Waals surface area (Å²) in [6.07, 6.45) is 0. The third kappa shape index (κ3) is 7.81. The molecule has 22 heavy (non-hydrogen) atoms. The summed E-state index contributed by atoms with van der Waals surface area (Å²) in [4.78, 5) is 0. The fourth-order valence-corrected chi connectivity index (χ4v) is 1.62. The lowest BCUT2D eigenvalue weighted by atomic mass is 10.3. The molecule has 0 unspecified atom stereocenters. The smallest absolute Gasteiger partial charge is 0.134 e. The average molecular weight is 307 g/mol. The van der Waals surface area contributed by atoms with Gasteiger partial charge in [0, 0.05) is 6.07 Å². The first-order valence-corrected chi connectivity index (χ1v) is 7.60. The molecule has 0 bridgehead atoms. The summed E-state index contributed by atoms with van der Waals surface area (Å²) in [5.41, 5.74) is 0.801. The second kappa shape index (κ2) is 11.8. The first-order chi connectivity index (χ1) is 10.8. The Hall–Kier alpha value is -1.85. The van der Waals surface area contributed by atoms with Crippen LogP contribution in [0, 0.1) is 6.92 Å². The van der Waals surface area contributed by atoms with Gasteiger partial charge in [-0.1, -0.05) is 37.2 Å². The lowest BCUT2D eigenvalue weighted by Crippen LogP contribution is -2.10. The summed E-state index contributed by atoms with van der Waals surface area (Å²) in [5, 5.41) is 3.84. The lowest BCUT2D eigenvalue weighted by molar-refractivity contribution is 0.0288. The summed E-state index contributed by atoms with van der Waals surface area (Å²) in [5.74, 6) is 1.65. The maximum atomic E-state index is 5.50. The van der Waals surface area contributed by atoms with Crippen LogP contribution in [0.3, 0.4) is 0 Å². The second-order valence-corrected chi connectivity index (χ2v) is 4.26. The van der Waals surface area contributed by atoms with Crippen LogP contribution in [-0.2, 0) is 16.1 Å². The highest BCUT2D eigenvalue weighted by molar-refractivity contribution is 5.20. The van der Waals surface area contributed by atoms with Crippen molar-refractivity contribution < 1.29 is 18.7 Å². The van der Waals surface area contributed by atoms with Gasteiger partial charge < -0.3 is 18.7 Å². The van der Waals surface area contributed by atoms with Crippen molar-refractivity contribution in [3.63, 3.8) is 0 Å². The molecule has 0 radical (unpaired) electrons. The van der Waals surface area contributed by atoms with Crippen molar-refractivity contribution in [2.24, 2.45) is 0 Å². The van der Waals surface area contributed by atoms with Gasteiger partial charge in [0.2, 0.25) is 0 Å². The summed E-state index contributed by atoms with van der Waals surface area (Å²) >= 11 is 0. The number of para-hydroxylation sites is 1. The standard InChI is InChI=1S/C15H19NO4.C2H6/c1-13-11-14(16-20-13)12-18-8-7-17-9-10-19-15-5-3-2-4-6-15;1-2/h2-6,11H,7-10,12H2,1H3;1-2H3. The zero-order valence-electron chi connectivity index (χ0n) is 13.6. The number of aromatic nitrogens is 1. The molecule has 0 aliphatic carbocycles. The minimum Gasteiger partial charge on any atom is -0.491 e. The molecule has 1 aromatic carbocycles. The number of hydrogen-bond acceptors (Lipinski definition) is 5. The Labute approximate surface area is 132 Å². The van der Waals surface area contributed by atoms with Crippen molar-refractivity contribution in [1.29, 1.82) is 0 Å². The molecule has 0 N–H and O–H groups in total. The maximum absolute atomic E-state index is 5.50. The second-order valence-electron chi connectivity index (χ2n) is 4.26. The van der Waals surface area contributed by atoms with E-state index >= 15 is 0 Å². The highest BCUT2D eigenvalue weighted by Gasteiger charge is 1.99. The summed E-state index contributed by atoms with van der Waals surface area (Å²) in [7, 11) is 0. The zero-order valence-corrected chi connectivity index (χ0v) is 13.6. The van der Waals surface area contributed by atoms with E-state index in [1.165, 1.54) is 0 Å². The number of hydrogen-bond donors (Lipinski definition) is 0. The van der Waals surface area contributed by atoms with Crippen molar-refractivity contribution in [2.45, 2.75) is 27.4 Å². The molecule has 0 saturated carbocycles. The largest absolute Gasteiger partial charge is 0.491 e. The average Bonchev–Trinajstić information content (AvgIpc) is 2.98. The van der Waals surface area contributed by atoms with Crippen LogP contribution in [0.1, 0.15) is 25.3 Å². The number of rotatable bonds is 9. The molecule has 122 valence electrons. The Bertz CT molecular complexity index is 484. The molecule has 1 aromatic heterocycles. The van der Waals surface area contributed by atoms with E-state index in [9.17, 15) is 0 Å². The highest BCUT2D eigenvalue weighted by Crippen LogP contribution is 2.07. The molecular formula is C17H25NO4. The molecule has 0 atom stereocenters. The Kier molecular flexibility index (Phi) is 9.74. The number of aryl methyl sites for hydroxylation is 1. The first kappa shape index (κ1) is 18.2. The van der Waals surface area contributed by atoms with Crippen LogP contribution in [0.2, 0.25) is 0 Å². The molecule has 0 amide bonds. The van der Waals surface area contributed by atoms with Gasteiger partial charge in [-0.3, -0.25) is 0 Å². The van der Waals surface area contributed by atoms with Crippen molar-refractivity contribution in [3.05, 3.63) is 47.9 Å². The van der Waals surface area contributed by atoms with Gasteiger partial charge in [0.15, 0.2) is 0 Å². The maximum Gasteiger partial charge on any atom is 0.134 e. The van der Waals surface area contributed by atoms with Crippen LogP contribution >= 0.6 is 0 Å². The van der Waals surface area contributed by atoms with Crippen molar-refractivity contribution in [3.8, 4) is 5.75 Å². The van der Waals surface area contributed by atoms with Gasteiger partial charge in [0.25, 0.3) is 0 Å². The topological polar surface area (TPSA) is 53.7 Å². The minimum atomic E-state index is 0.446.